The van der Waals surface area contributed by atoms with E-state index in [0.717, 1.165) is 10.2 Å². The van der Waals surface area contributed by atoms with E-state index in [4.69, 9.17) is 10.5 Å². The van der Waals surface area contributed by atoms with E-state index < -0.39 is 0 Å². The van der Waals surface area contributed by atoms with Gasteiger partial charge < -0.3 is 10.5 Å². The fourth-order valence-electron chi connectivity index (χ4n) is 1.43. The second kappa shape index (κ2) is 4.75. The summed E-state index contributed by atoms with van der Waals surface area (Å²) in [5.41, 5.74) is 6.59. The minimum Gasteiger partial charge on any atom is -0.480 e. The van der Waals surface area contributed by atoms with Crippen LogP contribution in [-0.4, -0.2) is 14.8 Å². The lowest BCUT2D eigenvalue weighted by atomic mass is 10.3. The minimum absolute atomic E-state index is 0.172. The Morgan fingerprint density at radius 3 is 2.94 bits per heavy atom. The molecule has 0 aliphatic rings. The molecule has 0 aromatic carbocycles. The molecule has 0 saturated carbocycles. The number of rotatable bonds is 3. The molecule has 2 rings (SSSR count). The van der Waals surface area contributed by atoms with Gasteiger partial charge in [0.05, 0.1) is 0 Å². The fraction of sp³-hybridized carbons (Fsp3) is 0.273. The lowest BCUT2D eigenvalue weighted by molar-refractivity contribution is 0.221. The molecule has 2 aromatic heterocycles. The van der Waals surface area contributed by atoms with Crippen molar-refractivity contribution in [2.24, 2.45) is 7.05 Å². The van der Waals surface area contributed by atoms with Gasteiger partial charge in [0, 0.05) is 23.9 Å². The van der Waals surface area contributed by atoms with Crippen LogP contribution >= 0.6 is 15.9 Å². The Kier molecular flexibility index (Phi) is 3.33. The maximum absolute atomic E-state index is 5.74. The molecule has 0 amide bonds. The number of nitrogens with two attached hydrogens (primary N) is 1. The van der Waals surface area contributed by atoms with Crippen molar-refractivity contribution < 1.29 is 4.74 Å². The number of hydrogen-bond acceptors (Lipinski definition) is 4. The van der Waals surface area contributed by atoms with Crippen LogP contribution in [0.25, 0.3) is 0 Å². The van der Waals surface area contributed by atoms with Gasteiger partial charge in [0.25, 0.3) is 0 Å². The first-order valence-corrected chi connectivity index (χ1v) is 5.93. The molecule has 0 radical (unpaired) electrons. The van der Waals surface area contributed by atoms with E-state index in [1.807, 2.05) is 26.2 Å². The van der Waals surface area contributed by atoms with Crippen LogP contribution in [0.5, 0.6) is 5.75 Å². The molecule has 0 bridgehead atoms. The third-order valence-electron chi connectivity index (χ3n) is 2.30. The smallest absolute Gasteiger partial charge is 0.166 e. The van der Waals surface area contributed by atoms with Gasteiger partial charge in [-0.05, 0) is 35.0 Å². The highest BCUT2D eigenvalue weighted by molar-refractivity contribution is 9.10. The second-order valence-electron chi connectivity index (χ2n) is 3.71. The van der Waals surface area contributed by atoms with Crippen molar-refractivity contribution in [3.63, 3.8) is 0 Å². The molecule has 0 unspecified atom stereocenters. The van der Waals surface area contributed by atoms with Gasteiger partial charge in [0.1, 0.15) is 11.8 Å². The molecule has 2 heterocycles. The lowest BCUT2D eigenvalue weighted by Gasteiger charge is -2.13. The maximum Gasteiger partial charge on any atom is 0.166 e. The third kappa shape index (κ3) is 2.76. The summed E-state index contributed by atoms with van der Waals surface area (Å²) in [6.45, 7) is 1.92. The molecular formula is C11H13BrN4O. The summed E-state index contributed by atoms with van der Waals surface area (Å²) in [5, 5.41) is 4.28. The predicted molar refractivity (Wildman–Crippen MR) is 68.6 cm³/mol. The highest BCUT2D eigenvalue weighted by atomic mass is 79.9. The van der Waals surface area contributed by atoms with Crippen molar-refractivity contribution >= 4 is 21.7 Å². The molecule has 2 aromatic rings. The van der Waals surface area contributed by atoms with Crippen molar-refractivity contribution in [3.05, 3.63) is 34.7 Å². The van der Waals surface area contributed by atoms with E-state index in [1.165, 1.54) is 0 Å². The Morgan fingerprint density at radius 1 is 1.53 bits per heavy atom. The van der Waals surface area contributed by atoms with E-state index >= 15 is 0 Å². The van der Waals surface area contributed by atoms with Crippen LogP contribution in [0.3, 0.4) is 0 Å². The number of aryl methyl sites for hydroxylation is 1. The average Bonchev–Trinajstić information content (AvgIpc) is 2.70. The summed E-state index contributed by atoms with van der Waals surface area (Å²) >= 11 is 3.33. The van der Waals surface area contributed by atoms with Crippen molar-refractivity contribution in [1.29, 1.82) is 0 Å². The van der Waals surface area contributed by atoms with E-state index in [0.29, 0.717) is 11.6 Å². The molecule has 0 fully saturated rings. The standard InChI is InChI=1S/C11H13BrN4O/c1-7(9-3-4-16(2)15-9)17-10-5-8(12)6-14-11(10)13/h3-7H,1-2H3,(H2,13,14)/t7-/m1/s1. The van der Waals surface area contributed by atoms with Crippen LogP contribution in [-0.2, 0) is 7.05 Å². The van der Waals surface area contributed by atoms with Gasteiger partial charge in [-0.1, -0.05) is 0 Å². The first-order valence-electron chi connectivity index (χ1n) is 5.13. The molecule has 5 nitrogen and oxygen atoms in total. The van der Waals surface area contributed by atoms with Gasteiger partial charge in [-0.2, -0.15) is 5.10 Å². The zero-order chi connectivity index (χ0) is 12.4. The largest absolute Gasteiger partial charge is 0.480 e. The van der Waals surface area contributed by atoms with E-state index in [1.54, 1.807) is 16.9 Å². The number of hydrogen-bond donors (Lipinski definition) is 1. The number of pyridine rings is 1. The summed E-state index contributed by atoms with van der Waals surface area (Å²) in [6, 6.07) is 3.70. The highest BCUT2D eigenvalue weighted by Crippen LogP contribution is 2.27. The number of halogens is 1. The Morgan fingerprint density at radius 2 is 2.29 bits per heavy atom. The summed E-state index contributed by atoms with van der Waals surface area (Å²) in [6.07, 6.45) is 3.33. The Bertz CT molecular complexity index is 526. The Balaban J connectivity index is 2.18. The van der Waals surface area contributed by atoms with E-state index in [-0.39, 0.29) is 6.10 Å². The molecule has 2 N–H and O–H groups in total. The maximum atomic E-state index is 5.74. The van der Waals surface area contributed by atoms with Gasteiger partial charge in [-0.3, -0.25) is 4.68 Å². The summed E-state index contributed by atoms with van der Waals surface area (Å²) < 4.78 is 8.29. The second-order valence-corrected chi connectivity index (χ2v) is 4.63. The van der Waals surface area contributed by atoms with Crippen LogP contribution in [0.1, 0.15) is 18.7 Å². The van der Waals surface area contributed by atoms with E-state index in [9.17, 15) is 0 Å². The average molecular weight is 297 g/mol. The van der Waals surface area contributed by atoms with Crippen LogP contribution < -0.4 is 10.5 Å². The molecular weight excluding hydrogens is 284 g/mol. The monoisotopic (exact) mass is 296 g/mol. The summed E-state index contributed by atoms with van der Waals surface area (Å²) in [5.74, 6) is 0.925. The third-order valence-corrected chi connectivity index (χ3v) is 2.74. The lowest BCUT2D eigenvalue weighted by Crippen LogP contribution is -2.07. The number of anilines is 1. The number of nitrogen functional groups attached to an aromatic ring is 1. The number of nitrogens with zero attached hydrogens (tertiary/aromatic N) is 3. The normalized spacial score (nSPS) is 12.4. The molecule has 1 atom stereocenters. The van der Waals surface area contributed by atoms with Crippen LogP contribution in [0, 0.1) is 0 Å². The zero-order valence-corrected chi connectivity index (χ0v) is 11.2. The van der Waals surface area contributed by atoms with Crippen molar-refractivity contribution in [1.82, 2.24) is 14.8 Å². The predicted octanol–water partition coefficient (Wildman–Crippen LogP) is 2.30. The van der Waals surface area contributed by atoms with Crippen molar-refractivity contribution in [3.8, 4) is 5.75 Å². The highest BCUT2D eigenvalue weighted by Gasteiger charge is 2.12. The first kappa shape index (κ1) is 11.9. The van der Waals surface area contributed by atoms with Gasteiger partial charge >= 0.3 is 0 Å². The molecule has 0 spiro atoms. The summed E-state index contributed by atoms with van der Waals surface area (Å²) in [7, 11) is 1.87. The molecule has 0 saturated heterocycles. The van der Waals surface area contributed by atoms with Crippen LogP contribution in [0.4, 0.5) is 5.82 Å². The number of aromatic nitrogens is 3. The van der Waals surface area contributed by atoms with Gasteiger partial charge in [0.15, 0.2) is 11.6 Å². The van der Waals surface area contributed by atoms with Gasteiger partial charge in [-0.15, -0.1) is 0 Å². The zero-order valence-electron chi connectivity index (χ0n) is 9.59. The molecule has 90 valence electrons. The SMILES string of the molecule is C[C@@H](Oc1cc(Br)cnc1N)c1ccn(C)n1. The molecule has 0 aliphatic heterocycles. The quantitative estimate of drug-likeness (QED) is 0.944. The van der Waals surface area contributed by atoms with Gasteiger partial charge in [-0.25, -0.2) is 4.98 Å². The Hall–Kier alpha value is -1.56. The summed E-state index contributed by atoms with van der Waals surface area (Å²) in [4.78, 5) is 4.01. The molecule has 0 aliphatic carbocycles. The number of ether oxygens (including phenoxy) is 1. The first-order chi connectivity index (χ1) is 8.06. The Labute approximate surface area is 108 Å². The molecule has 6 heteroatoms. The van der Waals surface area contributed by atoms with Crippen LogP contribution in [0.15, 0.2) is 29.0 Å². The van der Waals surface area contributed by atoms with E-state index in [2.05, 4.69) is 26.0 Å². The topological polar surface area (TPSA) is 66.0 Å². The minimum atomic E-state index is -0.172. The fourth-order valence-corrected chi connectivity index (χ4v) is 1.74. The van der Waals surface area contributed by atoms with Crippen molar-refractivity contribution in [2.75, 3.05) is 5.73 Å². The van der Waals surface area contributed by atoms with Crippen LogP contribution in [0.2, 0.25) is 0 Å². The van der Waals surface area contributed by atoms with Gasteiger partial charge in [0.2, 0.25) is 0 Å². The van der Waals surface area contributed by atoms with Crippen molar-refractivity contribution in [2.45, 2.75) is 13.0 Å². The molecule has 17 heavy (non-hydrogen) atoms.